The van der Waals surface area contributed by atoms with Crippen LogP contribution in [0.2, 0.25) is 5.02 Å². The maximum absolute atomic E-state index is 11.4. The molecule has 22 heavy (non-hydrogen) atoms. The first kappa shape index (κ1) is 18.4. The van der Waals surface area contributed by atoms with Crippen molar-refractivity contribution in [1.29, 1.82) is 0 Å². The molecule has 1 unspecified atom stereocenters. The maximum atomic E-state index is 11.4. The molecule has 0 fully saturated rings. The van der Waals surface area contributed by atoms with Crippen LogP contribution in [0.1, 0.15) is 19.5 Å². The van der Waals surface area contributed by atoms with Crippen molar-refractivity contribution < 1.29 is 9.53 Å². The van der Waals surface area contributed by atoms with Crippen LogP contribution in [0.3, 0.4) is 0 Å². The SMILES string of the molecule is CCNC(=NCC(C)C(=O)OC)N(C)Cc1cc(Cl)cn1C. The normalized spacial score (nSPS) is 12.9. The predicted octanol–water partition coefficient (Wildman–Crippen LogP) is 1.88. The van der Waals surface area contributed by atoms with Gasteiger partial charge >= 0.3 is 5.97 Å². The van der Waals surface area contributed by atoms with E-state index in [1.807, 2.05) is 42.7 Å². The largest absolute Gasteiger partial charge is 0.469 e. The highest BCUT2D eigenvalue weighted by Crippen LogP contribution is 2.14. The third-order valence-corrected chi connectivity index (χ3v) is 3.50. The number of methoxy groups -OCH3 is 1. The number of carbonyl (C=O) groups excluding carboxylic acids is 1. The Hall–Kier alpha value is -1.69. The van der Waals surface area contributed by atoms with E-state index >= 15 is 0 Å². The number of aromatic nitrogens is 1. The number of nitrogens with zero attached hydrogens (tertiary/aromatic N) is 3. The molecule has 1 heterocycles. The molecule has 7 heteroatoms. The first-order chi connectivity index (χ1) is 10.4. The molecule has 0 aliphatic rings. The van der Waals surface area contributed by atoms with E-state index in [-0.39, 0.29) is 11.9 Å². The van der Waals surface area contributed by atoms with Crippen LogP contribution in [-0.2, 0) is 23.1 Å². The summed E-state index contributed by atoms with van der Waals surface area (Å²) in [4.78, 5) is 17.9. The van der Waals surface area contributed by atoms with Gasteiger partial charge in [-0.25, -0.2) is 0 Å². The summed E-state index contributed by atoms with van der Waals surface area (Å²) in [6.45, 7) is 5.61. The average Bonchev–Trinajstić information content (AvgIpc) is 2.79. The minimum atomic E-state index is -0.267. The molecule has 6 nitrogen and oxygen atoms in total. The highest BCUT2D eigenvalue weighted by atomic mass is 35.5. The topological polar surface area (TPSA) is 58.9 Å². The van der Waals surface area contributed by atoms with E-state index in [1.165, 1.54) is 7.11 Å². The number of nitrogens with one attached hydrogen (secondary N) is 1. The van der Waals surface area contributed by atoms with Crippen LogP contribution >= 0.6 is 11.6 Å². The fourth-order valence-electron chi connectivity index (χ4n) is 2.01. The van der Waals surface area contributed by atoms with Gasteiger partial charge in [0.2, 0.25) is 0 Å². The van der Waals surface area contributed by atoms with E-state index in [0.29, 0.717) is 18.1 Å². The Labute approximate surface area is 137 Å². The van der Waals surface area contributed by atoms with Crippen molar-refractivity contribution in [3.63, 3.8) is 0 Å². The van der Waals surface area contributed by atoms with Crippen molar-refractivity contribution in [2.75, 3.05) is 27.2 Å². The molecule has 1 aromatic rings. The van der Waals surface area contributed by atoms with Crippen LogP contribution in [0, 0.1) is 5.92 Å². The molecule has 0 amide bonds. The van der Waals surface area contributed by atoms with Gasteiger partial charge in [-0.2, -0.15) is 0 Å². The molecular formula is C15H25ClN4O2. The van der Waals surface area contributed by atoms with Gasteiger partial charge in [0, 0.05) is 32.5 Å². The Morgan fingerprint density at radius 2 is 2.27 bits per heavy atom. The zero-order valence-corrected chi connectivity index (χ0v) is 14.6. The highest BCUT2D eigenvalue weighted by molar-refractivity contribution is 6.30. The van der Waals surface area contributed by atoms with E-state index < -0.39 is 0 Å². The molecule has 0 radical (unpaired) electrons. The molecule has 0 saturated heterocycles. The molecule has 1 N–H and O–H groups in total. The van der Waals surface area contributed by atoms with Crippen molar-refractivity contribution in [3.8, 4) is 0 Å². The second kappa shape index (κ2) is 8.68. The van der Waals surface area contributed by atoms with E-state index in [9.17, 15) is 4.79 Å². The van der Waals surface area contributed by atoms with E-state index in [0.717, 1.165) is 18.2 Å². The zero-order chi connectivity index (χ0) is 16.7. The molecule has 0 saturated carbocycles. The first-order valence-electron chi connectivity index (χ1n) is 7.27. The number of esters is 1. The third-order valence-electron chi connectivity index (χ3n) is 3.29. The average molecular weight is 329 g/mol. The van der Waals surface area contributed by atoms with E-state index in [2.05, 4.69) is 10.3 Å². The smallest absolute Gasteiger partial charge is 0.310 e. The van der Waals surface area contributed by atoms with Crippen molar-refractivity contribution in [1.82, 2.24) is 14.8 Å². The number of guanidine groups is 1. The van der Waals surface area contributed by atoms with E-state index in [4.69, 9.17) is 16.3 Å². The standard InChI is InChI=1S/C15H25ClN4O2/c1-6-17-15(18-8-11(2)14(21)22-5)20(4)10-13-7-12(16)9-19(13)3/h7,9,11H,6,8,10H2,1-5H3,(H,17,18). The summed E-state index contributed by atoms with van der Waals surface area (Å²) in [5.41, 5.74) is 1.08. The van der Waals surface area contributed by atoms with Gasteiger partial charge in [-0.05, 0) is 13.0 Å². The molecule has 0 aliphatic carbocycles. The maximum Gasteiger partial charge on any atom is 0.310 e. The fraction of sp³-hybridized carbons (Fsp3) is 0.600. The number of carbonyl (C=O) groups is 1. The summed E-state index contributed by atoms with van der Waals surface area (Å²) < 4.78 is 6.70. The van der Waals surface area contributed by atoms with Gasteiger partial charge in [0.15, 0.2) is 5.96 Å². The second-order valence-electron chi connectivity index (χ2n) is 5.24. The molecule has 124 valence electrons. The summed E-state index contributed by atoms with van der Waals surface area (Å²) in [6, 6.07) is 1.93. The summed E-state index contributed by atoms with van der Waals surface area (Å²) in [6.07, 6.45) is 1.87. The molecule has 0 aromatic carbocycles. The van der Waals surface area contributed by atoms with Crippen LogP contribution in [0.4, 0.5) is 0 Å². The van der Waals surface area contributed by atoms with Crippen molar-refractivity contribution in [2.45, 2.75) is 20.4 Å². The van der Waals surface area contributed by atoms with Gasteiger partial charge in [-0.15, -0.1) is 0 Å². The van der Waals surface area contributed by atoms with Crippen LogP contribution in [-0.4, -0.2) is 48.6 Å². The zero-order valence-electron chi connectivity index (χ0n) is 13.9. The minimum absolute atomic E-state index is 0.253. The number of hydrogen-bond acceptors (Lipinski definition) is 3. The monoisotopic (exact) mass is 328 g/mol. The molecule has 1 aromatic heterocycles. The fourth-order valence-corrected chi connectivity index (χ4v) is 2.28. The molecule has 0 aliphatic heterocycles. The number of ether oxygens (including phenoxy) is 1. The van der Waals surface area contributed by atoms with Crippen LogP contribution in [0.15, 0.2) is 17.3 Å². The van der Waals surface area contributed by atoms with Gasteiger partial charge in [0.05, 0.1) is 31.1 Å². The van der Waals surface area contributed by atoms with Crippen molar-refractivity contribution >= 4 is 23.5 Å². The van der Waals surface area contributed by atoms with Crippen LogP contribution in [0.5, 0.6) is 0 Å². The summed E-state index contributed by atoms with van der Waals surface area (Å²) in [5, 5.41) is 3.94. The second-order valence-corrected chi connectivity index (χ2v) is 5.67. The number of aliphatic imine (C=N–C) groups is 1. The minimum Gasteiger partial charge on any atom is -0.469 e. The van der Waals surface area contributed by atoms with E-state index in [1.54, 1.807) is 6.92 Å². The lowest BCUT2D eigenvalue weighted by Gasteiger charge is -2.22. The summed E-state index contributed by atoms with van der Waals surface area (Å²) >= 11 is 6.01. The van der Waals surface area contributed by atoms with Gasteiger partial charge in [-0.1, -0.05) is 18.5 Å². The van der Waals surface area contributed by atoms with Crippen LogP contribution < -0.4 is 5.32 Å². The first-order valence-corrected chi connectivity index (χ1v) is 7.64. The third kappa shape index (κ3) is 5.26. The summed E-state index contributed by atoms with van der Waals surface area (Å²) in [5.74, 6) is 0.226. The van der Waals surface area contributed by atoms with Gasteiger partial charge in [0.25, 0.3) is 0 Å². The Morgan fingerprint density at radius 1 is 1.59 bits per heavy atom. The Morgan fingerprint density at radius 3 is 2.77 bits per heavy atom. The van der Waals surface area contributed by atoms with Crippen molar-refractivity contribution in [3.05, 3.63) is 23.0 Å². The number of hydrogen-bond donors (Lipinski definition) is 1. The lowest BCUT2D eigenvalue weighted by molar-refractivity contribution is -0.144. The van der Waals surface area contributed by atoms with Gasteiger partial charge in [0.1, 0.15) is 0 Å². The Kier molecular flexibility index (Phi) is 7.24. The molecule has 0 bridgehead atoms. The quantitative estimate of drug-likeness (QED) is 0.492. The summed E-state index contributed by atoms with van der Waals surface area (Å²) in [7, 11) is 5.29. The molecule has 0 spiro atoms. The van der Waals surface area contributed by atoms with Gasteiger partial charge in [-0.3, -0.25) is 9.79 Å². The highest BCUT2D eigenvalue weighted by Gasteiger charge is 2.14. The molecular weight excluding hydrogens is 304 g/mol. The number of aryl methyl sites for hydroxylation is 1. The Balaban J connectivity index is 2.76. The molecule has 1 rings (SSSR count). The number of rotatable bonds is 6. The lowest BCUT2D eigenvalue weighted by atomic mass is 10.2. The van der Waals surface area contributed by atoms with Gasteiger partial charge < -0.3 is 19.5 Å². The van der Waals surface area contributed by atoms with Crippen molar-refractivity contribution in [2.24, 2.45) is 18.0 Å². The molecule has 1 atom stereocenters. The van der Waals surface area contributed by atoms with Crippen LogP contribution in [0.25, 0.3) is 0 Å². The number of halogens is 1. The predicted molar refractivity (Wildman–Crippen MR) is 89.0 cm³/mol. The Bertz CT molecular complexity index is 528. The lowest BCUT2D eigenvalue weighted by Crippen LogP contribution is -2.39.